The Hall–Kier alpha value is -3.35. The minimum Gasteiger partial charge on any atom is -0.491 e. The van der Waals surface area contributed by atoms with Crippen molar-refractivity contribution >= 4 is 11.0 Å². The lowest BCUT2D eigenvalue weighted by Crippen LogP contribution is -2.24. The molecule has 148 valence electrons. The SMILES string of the molecule is OCc1nc2ccccc2n1CC(O)COc1ccc(Oc2ccccc2)cc1. The van der Waals surface area contributed by atoms with Gasteiger partial charge in [-0.3, -0.25) is 0 Å². The number of fused-ring (bicyclic) bond motifs is 1. The van der Waals surface area contributed by atoms with Gasteiger partial charge in [-0.1, -0.05) is 30.3 Å². The van der Waals surface area contributed by atoms with Crippen LogP contribution in [0.2, 0.25) is 0 Å². The molecule has 6 nitrogen and oxygen atoms in total. The normalized spacial score (nSPS) is 12.1. The van der Waals surface area contributed by atoms with Crippen molar-refractivity contribution in [2.24, 2.45) is 0 Å². The maximum Gasteiger partial charge on any atom is 0.135 e. The molecule has 4 rings (SSSR count). The van der Waals surface area contributed by atoms with Crippen LogP contribution >= 0.6 is 0 Å². The molecule has 0 spiro atoms. The van der Waals surface area contributed by atoms with Gasteiger partial charge >= 0.3 is 0 Å². The highest BCUT2D eigenvalue weighted by molar-refractivity contribution is 5.75. The Morgan fingerprint density at radius 1 is 0.828 bits per heavy atom. The maximum atomic E-state index is 10.4. The molecule has 4 aromatic rings. The Morgan fingerprint density at radius 3 is 2.24 bits per heavy atom. The van der Waals surface area contributed by atoms with Gasteiger partial charge in [0.2, 0.25) is 0 Å². The molecule has 0 aliphatic heterocycles. The van der Waals surface area contributed by atoms with E-state index in [1.54, 1.807) is 12.1 Å². The summed E-state index contributed by atoms with van der Waals surface area (Å²) in [5.41, 5.74) is 1.66. The molecule has 29 heavy (non-hydrogen) atoms. The standard InChI is InChI=1S/C23H22N2O4/c26-15-23-24-21-8-4-5-9-22(21)25(23)14-17(27)16-28-18-10-12-20(13-11-18)29-19-6-2-1-3-7-19/h1-13,17,26-27H,14-16H2. The Labute approximate surface area is 168 Å². The first-order valence-corrected chi connectivity index (χ1v) is 9.42. The van der Waals surface area contributed by atoms with Gasteiger partial charge in [0.05, 0.1) is 17.6 Å². The predicted octanol–water partition coefficient (Wildman–Crippen LogP) is 3.76. The summed E-state index contributed by atoms with van der Waals surface area (Å²) in [6.45, 7) is 0.215. The highest BCUT2D eigenvalue weighted by Gasteiger charge is 2.14. The Morgan fingerprint density at radius 2 is 1.48 bits per heavy atom. The van der Waals surface area contributed by atoms with Crippen LogP contribution in [0, 0.1) is 0 Å². The largest absolute Gasteiger partial charge is 0.491 e. The number of aliphatic hydroxyl groups excluding tert-OH is 2. The molecular formula is C23H22N2O4. The van der Waals surface area contributed by atoms with Gasteiger partial charge < -0.3 is 24.3 Å². The zero-order valence-electron chi connectivity index (χ0n) is 15.8. The van der Waals surface area contributed by atoms with E-state index in [1.165, 1.54) is 0 Å². The first kappa shape index (κ1) is 19.0. The molecule has 0 saturated heterocycles. The molecule has 1 atom stereocenters. The molecular weight excluding hydrogens is 368 g/mol. The molecule has 3 aromatic carbocycles. The van der Waals surface area contributed by atoms with Crippen molar-refractivity contribution in [2.45, 2.75) is 19.3 Å². The fourth-order valence-electron chi connectivity index (χ4n) is 3.13. The lowest BCUT2D eigenvalue weighted by molar-refractivity contribution is 0.0914. The predicted molar refractivity (Wildman–Crippen MR) is 110 cm³/mol. The Balaban J connectivity index is 1.36. The highest BCUT2D eigenvalue weighted by atomic mass is 16.5. The molecule has 1 aromatic heterocycles. The van der Waals surface area contributed by atoms with Crippen LogP contribution in [0.15, 0.2) is 78.9 Å². The number of hydrogen-bond donors (Lipinski definition) is 2. The molecule has 6 heteroatoms. The number of benzene rings is 3. The molecule has 0 fully saturated rings. The third-order valence-corrected chi connectivity index (χ3v) is 4.51. The number of hydrogen-bond acceptors (Lipinski definition) is 5. The van der Waals surface area contributed by atoms with Crippen LogP contribution in [0.1, 0.15) is 5.82 Å². The lowest BCUT2D eigenvalue weighted by atomic mass is 10.3. The average Bonchev–Trinajstić information content (AvgIpc) is 3.11. The molecule has 1 heterocycles. The molecule has 0 radical (unpaired) electrons. The monoisotopic (exact) mass is 390 g/mol. The zero-order valence-corrected chi connectivity index (χ0v) is 15.8. The molecule has 0 bridgehead atoms. The summed E-state index contributed by atoms with van der Waals surface area (Å²) in [5, 5.41) is 20.0. The summed E-state index contributed by atoms with van der Waals surface area (Å²) < 4.78 is 13.3. The lowest BCUT2D eigenvalue weighted by Gasteiger charge is -2.15. The van der Waals surface area contributed by atoms with E-state index in [9.17, 15) is 10.2 Å². The molecule has 1 unspecified atom stereocenters. The second-order valence-corrected chi connectivity index (χ2v) is 6.64. The van der Waals surface area contributed by atoms with Crippen LogP contribution in [0.25, 0.3) is 11.0 Å². The van der Waals surface area contributed by atoms with Crippen LogP contribution < -0.4 is 9.47 Å². The van der Waals surface area contributed by atoms with E-state index < -0.39 is 6.10 Å². The number of rotatable bonds is 8. The fraction of sp³-hybridized carbons (Fsp3) is 0.174. The van der Waals surface area contributed by atoms with Gasteiger partial charge in [0.25, 0.3) is 0 Å². The van der Waals surface area contributed by atoms with Crippen molar-refractivity contribution in [3.8, 4) is 17.2 Å². The van der Waals surface area contributed by atoms with Crippen LogP contribution in [-0.4, -0.2) is 32.5 Å². The molecule has 0 amide bonds. The number of nitrogens with zero attached hydrogens (tertiary/aromatic N) is 2. The van der Waals surface area contributed by atoms with Crippen molar-refractivity contribution in [3.05, 3.63) is 84.7 Å². The van der Waals surface area contributed by atoms with E-state index in [0.29, 0.717) is 17.3 Å². The number of aliphatic hydroxyl groups is 2. The summed E-state index contributed by atoms with van der Waals surface area (Å²) in [6, 6.07) is 24.4. The van der Waals surface area contributed by atoms with Crippen LogP contribution in [0.4, 0.5) is 0 Å². The van der Waals surface area contributed by atoms with Crippen LogP contribution in [0.3, 0.4) is 0 Å². The van der Waals surface area contributed by atoms with E-state index in [1.807, 2.05) is 71.3 Å². The topological polar surface area (TPSA) is 76.7 Å². The molecule has 2 N–H and O–H groups in total. The van der Waals surface area contributed by atoms with Gasteiger partial charge in [-0.25, -0.2) is 4.98 Å². The van der Waals surface area contributed by atoms with Gasteiger partial charge in [-0.15, -0.1) is 0 Å². The summed E-state index contributed by atoms with van der Waals surface area (Å²) in [7, 11) is 0. The summed E-state index contributed by atoms with van der Waals surface area (Å²) >= 11 is 0. The number of para-hydroxylation sites is 3. The summed E-state index contributed by atoms with van der Waals surface area (Å²) in [5.74, 6) is 2.64. The van der Waals surface area contributed by atoms with Crippen molar-refractivity contribution in [3.63, 3.8) is 0 Å². The zero-order chi connectivity index (χ0) is 20.1. The van der Waals surface area contributed by atoms with Gasteiger partial charge in [-0.05, 0) is 48.5 Å². The molecule has 0 aliphatic carbocycles. The van der Waals surface area contributed by atoms with E-state index in [0.717, 1.165) is 16.8 Å². The van der Waals surface area contributed by atoms with E-state index in [2.05, 4.69) is 4.98 Å². The quantitative estimate of drug-likeness (QED) is 0.479. The van der Waals surface area contributed by atoms with Crippen molar-refractivity contribution in [2.75, 3.05) is 6.61 Å². The van der Waals surface area contributed by atoms with Crippen LogP contribution in [-0.2, 0) is 13.2 Å². The molecule has 0 saturated carbocycles. The maximum absolute atomic E-state index is 10.4. The second kappa shape index (κ2) is 8.77. The number of ether oxygens (including phenoxy) is 2. The minimum atomic E-state index is -0.752. The highest BCUT2D eigenvalue weighted by Crippen LogP contribution is 2.24. The summed E-state index contributed by atoms with van der Waals surface area (Å²) in [4.78, 5) is 4.39. The van der Waals surface area contributed by atoms with Crippen molar-refractivity contribution < 1.29 is 19.7 Å². The number of aromatic nitrogens is 2. The average molecular weight is 390 g/mol. The Kier molecular flexibility index (Phi) is 5.74. The molecule has 0 aliphatic rings. The first-order valence-electron chi connectivity index (χ1n) is 9.42. The third-order valence-electron chi connectivity index (χ3n) is 4.51. The smallest absolute Gasteiger partial charge is 0.135 e. The Bertz CT molecular complexity index is 1060. The van der Waals surface area contributed by atoms with Gasteiger partial charge in [0.1, 0.15) is 42.4 Å². The fourth-order valence-corrected chi connectivity index (χ4v) is 3.13. The van der Waals surface area contributed by atoms with Crippen molar-refractivity contribution in [1.82, 2.24) is 9.55 Å². The van der Waals surface area contributed by atoms with E-state index >= 15 is 0 Å². The first-order chi connectivity index (χ1) is 14.2. The third kappa shape index (κ3) is 4.56. The van der Waals surface area contributed by atoms with Crippen LogP contribution in [0.5, 0.6) is 17.2 Å². The summed E-state index contributed by atoms with van der Waals surface area (Å²) in [6.07, 6.45) is -0.752. The van der Waals surface area contributed by atoms with Crippen molar-refractivity contribution in [1.29, 1.82) is 0 Å². The van der Waals surface area contributed by atoms with E-state index in [4.69, 9.17) is 9.47 Å². The van der Waals surface area contributed by atoms with E-state index in [-0.39, 0.29) is 19.8 Å². The minimum absolute atomic E-state index is 0.121. The van der Waals surface area contributed by atoms with Gasteiger partial charge in [-0.2, -0.15) is 0 Å². The van der Waals surface area contributed by atoms with Gasteiger partial charge in [0, 0.05) is 0 Å². The second-order valence-electron chi connectivity index (χ2n) is 6.64. The van der Waals surface area contributed by atoms with Gasteiger partial charge in [0.15, 0.2) is 0 Å². The number of imidazole rings is 1.